The van der Waals surface area contributed by atoms with E-state index in [0.717, 1.165) is 100 Å². The van der Waals surface area contributed by atoms with Gasteiger partial charge in [-0.15, -0.1) is 0 Å². The van der Waals surface area contributed by atoms with Crippen molar-refractivity contribution in [2.45, 2.75) is 0 Å². The predicted octanol–water partition coefficient (Wildman–Crippen LogP) is 15.2. The van der Waals surface area contributed by atoms with E-state index in [4.69, 9.17) is 19.9 Å². The summed E-state index contributed by atoms with van der Waals surface area (Å²) in [6.07, 6.45) is 4.21. The zero-order valence-corrected chi connectivity index (χ0v) is 35.3. The lowest BCUT2D eigenvalue weighted by Crippen LogP contribution is -2.01. The molecule has 12 aromatic rings. The number of para-hydroxylation sites is 1. The van der Waals surface area contributed by atoms with Crippen molar-refractivity contribution in [2.75, 3.05) is 0 Å². The summed E-state index contributed by atoms with van der Waals surface area (Å²) in [7, 11) is 0. The van der Waals surface area contributed by atoms with Gasteiger partial charge in [0, 0.05) is 61.9 Å². The van der Waals surface area contributed by atoms with E-state index in [0.29, 0.717) is 5.82 Å². The van der Waals surface area contributed by atoms with Crippen LogP contribution in [0.2, 0.25) is 0 Å². The third-order valence-electron chi connectivity index (χ3n) is 12.3. The van der Waals surface area contributed by atoms with Gasteiger partial charge in [0.05, 0.1) is 28.3 Å². The maximum absolute atomic E-state index is 5.42. The Bertz CT molecular complexity index is 3540. The second-order valence-corrected chi connectivity index (χ2v) is 16.3. The number of aromatic nitrogens is 5. The van der Waals surface area contributed by atoms with Crippen LogP contribution >= 0.6 is 0 Å². The molecule has 0 saturated heterocycles. The first-order valence-corrected chi connectivity index (χ1v) is 21.9. The molecule has 0 amide bonds. The first-order chi connectivity index (χ1) is 32.2. The Hall–Kier alpha value is -8.80. The van der Waals surface area contributed by atoms with Gasteiger partial charge < -0.3 is 4.40 Å². The van der Waals surface area contributed by atoms with Crippen molar-refractivity contribution in [3.05, 3.63) is 237 Å². The molecule has 0 unspecified atom stereocenters. The fourth-order valence-corrected chi connectivity index (χ4v) is 9.01. The molecule has 12 rings (SSSR count). The molecule has 0 aliphatic rings. The standard InChI is InChI=1S/C60H39N5/c1-5-15-40(16-6-1)42-25-31-47(32-26-42)57-54(58(64-59(63-57)49-21-11-4-12-22-49)48-33-27-43(28-34-48)41-17-7-2-8-18-41)45-29-35-46(36-30-45)56-51-37-38-65-39-53(44-19-9-3-10-20-44)62-60(65)55(51)50-23-13-14-24-52(50)61-56/h1-39H. The smallest absolute Gasteiger partial charge is 0.160 e. The molecule has 304 valence electrons. The average Bonchev–Trinajstić information content (AvgIpc) is 3.84. The third kappa shape index (κ3) is 7.02. The quantitative estimate of drug-likeness (QED) is 0.143. The highest BCUT2D eigenvalue weighted by Gasteiger charge is 2.22. The van der Waals surface area contributed by atoms with Gasteiger partial charge in [0.25, 0.3) is 0 Å². The van der Waals surface area contributed by atoms with Gasteiger partial charge in [-0.1, -0.05) is 212 Å². The Kier molecular flexibility index (Phi) is 9.42. The Morgan fingerprint density at radius 2 is 0.723 bits per heavy atom. The van der Waals surface area contributed by atoms with Crippen molar-refractivity contribution in [3.63, 3.8) is 0 Å². The van der Waals surface area contributed by atoms with Crippen LogP contribution in [-0.4, -0.2) is 24.3 Å². The van der Waals surface area contributed by atoms with Crippen LogP contribution in [0.1, 0.15) is 0 Å². The summed E-state index contributed by atoms with van der Waals surface area (Å²) in [6, 6.07) is 78.4. The Balaban J connectivity index is 1.05. The molecule has 4 heterocycles. The molecule has 5 nitrogen and oxygen atoms in total. The van der Waals surface area contributed by atoms with Gasteiger partial charge in [-0.2, -0.15) is 0 Å². The summed E-state index contributed by atoms with van der Waals surface area (Å²) >= 11 is 0. The van der Waals surface area contributed by atoms with Crippen molar-refractivity contribution >= 4 is 27.3 Å². The lowest BCUT2D eigenvalue weighted by Gasteiger charge is -2.18. The minimum absolute atomic E-state index is 0.669. The van der Waals surface area contributed by atoms with Crippen LogP contribution in [0.5, 0.6) is 0 Å². The normalized spacial score (nSPS) is 11.4. The first-order valence-electron chi connectivity index (χ1n) is 21.9. The highest BCUT2D eigenvalue weighted by molar-refractivity contribution is 6.16. The van der Waals surface area contributed by atoms with Crippen LogP contribution in [0.15, 0.2) is 237 Å². The van der Waals surface area contributed by atoms with Crippen LogP contribution in [-0.2, 0) is 0 Å². The number of imidazole rings is 1. The van der Waals surface area contributed by atoms with Crippen LogP contribution in [0.3, 0.4) is 0 Å². The summed E-state index contributed by atoms with van der Waals surface area (Å²) in [4.78, 5) is 21.4. The number of pyridine rings is 2. The molecule has 0 atom stereocenters. The van der Waals surface area contributed by atoms with Gasteiger partial charge in [-0.3, -0.25) is 0 Å². The molecule has 0 bridgehead atoms. The largest absolute Gasteiger partial charge is 0.306 e. The van der Waals surface area contributed by atoms with E-state index < -0.39 is 0 Å². The molecule has 0 saturated carbocycles. The zero-order valence-electron chi connectivity index (χ0n) is 35.3. The number of fused-ring (bicyclic) bond motifs is 5. The molecule has 0 aliphatic heterocycles. The summed E-state index contributed by atoms with van der Waals surface area (Å²) in [6.45, 7) is 0. The van der Waals surface area contributed by atoms with E-state index in [9.17, 15) is 0 Å². The average molecular weight is 830 g/mol. The van der Waals surface area contributed by atoms with Gasteiger partial charge in [-0.05, 0) is 39.9 Å². The molecule has 4 aromatic heterocycles. The summed E-state index contributed by atoms with van der Waals surface area (Å²) in [5.41, 5.74) is 17.0. The number of nitrogens with zero attached hydrogens (tertiary/aromatic N) is 5. The van der Waals surface area contributed by atoms with Gasteiger partial charge in [0.1, 0.15) is 5.65 Å². The van der Waals surface area contributed by atoms with E-state index in [-0.39, 0.29) is 0 Å². The van der Waals surface area contributed by atoms with Gasteiger partial charge >= 0.3 is 0 Å². The highest BCUT2D eigenvalue weighted by atomic mass is 15.0. The molecule has 0 fully saturated rings. The number of benzene rings is 8. The fraction of sp³-hybridized carbons (Fsp3) is 0. The molecule has 0 N–H and O–H groups in total. The molecular formula is C60H39N5. The maximum atomic E-state index is 5.42. The summed E-state index contributed by atoms with van der Waals surface area (Å²) in [5, 5.41) is 3.19. The van der Waals surface area contributed by atoms with Crippen molar-refractivity contribution < 1.29 is 0 Å². The zero-order chi connectivity index (χ0) is 43.1. The SMILES string of the molecule is c1ccc(-c2ccc(-c3nc(-c4ccccc4)nc(-c4ccc(-c5ccccc5)cc4)c3-c3ccc(-c4nc5ccccc5c5c4ccn4cc(-c6ccccc6)nc54)cc3)cc2)cc1. The number of hydrogen-bond donors (Lipinski definition) is 0. The molecule has 0 spiro atoms. The summed E-state index contributed by atoms with van der Waals surface area (Å²) in [5.74, 6) is 0.669. The molecule has 0 aliphatic carbocycles. The molecular weight excluding hydrogens is 791 g/mol. The van der Waals surface area contributed by atoms with Gasteiger partial charge in [-0.25, -0.2) is 19.9 Å². The highest BCUT2D eigenvalue weighted by Crippen LogP contribution is 2.42. The summed E-state index contributed by atoms with van der Waals surface area (Å²) < 4.78 is 2.13. The van der Waals surface area contributed by atoms with Gasteiger partial charge in [0.2, 0.25) is 0 Å². The molecule has 8 aromatic carbocycles. The molecule has 65 heavy (non-hydrogen) atoms. The lowest BCUT2D eigenvalue weighted by atomic mass is 9.91. The Morgan fingerprint density at radius 3 is 1.28 bits per heavy atom. The molecule has 5 heteroatoms. The second-order valence-electron chi connectivity index (χ2n) is 16.3. The van der Waals surface area contributed by atoms with Crippen molar-refractivity contribution in [1.82, 2.24) is 24.3 Å². The topological polar surface area (TPSA) is 56.0 Å². The first kappa shape index (κ1) is 37.9. The van der Waals surface area contributed by atoms with Crippen molar-refractivity contribution in [3.8, 4) is 89.8 Å². The maximum Gasteiger partial charge on any atom is 0.160 e. The second kappa shape index (κ2) is 16.2. The minimum Gasteiger partial charge on any atom is -0.306 e. The van der Waals surface area contributed by atoms with Crippen LogP contribution in [0.25, 0.3) is 117 Å². The fourth-order valence-electron chi connectivity index (χ4n) is 9.01. The Labute approximate surface area is 376 Å². The number of rotatable bonds is 8. The number of hydrogen-bond acceptors (Lipinski definition) is 4. The van der Waals surface area contributed by atoms with Crippen LogP contribution in [0, 0.1) is 0 Å². The van der Waals surface area contributed by atoms with E-state index >= 15 is 0 Å². The molecule has 0 radical (unpaired) electrons. The van der Waals surface area contributed by atoms with Crippen molar-refractivity contribution in [2.24, 2.45) is 0 Å². The van der Waals surface area contributed by atoms with E-state index in [1.807, 2.05) is 36.4 Å². The van der Waals surface area contributed by atoms with Gasteiger partial charge in [0.15, 0.2) is 5.82 Å². The van der Waals surface area contributed by atoms with Crippen LogP contribution < -0.4 is 0 Å². The van der Waals surface area contributed by atoms with Crippen LogP contribution in [0.4, 0.5) is 0 Å². The van der Waals surface area contributed by atoms with E-state index in [2.05, 4.69) is 205 Å². The third-order valence-corrected chi connectivity index (χ3v) is 12.3. The predicted molar refractivity (Wildman–Crippen MR) is 267 cm³/mol. The minimum atomic E-state index is 0.669. The van der Waals surface area contributed by atoms with E-state index in [1.54, 1.807) is 0 Å². The van der Waals surface area contributed by atoms with Crippen molar-refractivity contribution in [1.29, 1.82) is 0 Å². The monoisotopic (exact) mass is 829 g/mol. The van der Waals surface area contributed by atoms with E-state index in [1.165, 1.54) is 11.1 Å². The lowest BCUT2D eigenvalue weighted by molar-refractivity contribution is 1.18. The Morgan fingerprint density at radius 1 is 0.292 bits per heavy atom.